The maximum absolute atomic E-state index is 12.9. The number of likely N-dealkylation sites (N-methyl/N-ethyl adjacent to an activating group) is 1. The molecule has 1 N–H and O–H groups in total. The molecule has 0 saturated heterocycles. The van der Waals surface area contributed by atoms with Crippen LogP contribution in [0.4, 0.5) is 0 Å². The second-order valence-corrected chi connectivity index (χ2v) is 25.6. The third kappa shape index (κ3) is 73.6. The number of carbonyl (C=O) groups excluding carboxylic acids is 2. The summed E-state index contributed by atoms with van der Waals surface area (Å²) in [6.07, 6.45) is 111. The van der Waals surface area contributed by atoms with E-state index in [1.807, 2.05) is 21.1 Å². The molecule has 0 fully saturated rings. The second kappa shape index (κ2) is 69.9. The summed E-state index contributed by atoms with van der Waals surface area (Å²) in [4.78, 5) is 35.9. The van der Waals surface area contributed by atoms with Crippen LogP contribution in [-0.4, -0.2) is 74.9 Å². The summed E-state index contributed by atoms with van der Waals surface area (Å²) in [5.74, 6) is -0.844. The topological polar surface area (TPSA) is 108 Å². The van der Waals surface area contributed by atoms with E-state index in [9.17, 15) is 19.0 Å². The van der Waals surface area contributed by atoms with Crippen molar-refractivity contribution in [2.24, 2.45) is 0 Å². The van der Waals surface area contributed by atoms with E-state index < -0.39 is 32.5 Å². The summed E-state index contributed by atoms with van der Waals surface area (Å²) >= 11 is 0. The van der Waals surface area contributed by atoms with Gasteiger partial charge in [-0.15, -0.1) is 0 Å². The van der Waals surface area contributed by atoms with Gasteiger partial charge in [-0.25, -0.2) is 4.57 Å². The average Bonchev–Trinajstić information content (AvgIpc) is 2.14. The van der Waals surface area contributed by atoms with Crippen LogP contribution in [0.15, 0.2) is 207 Å². The van der Waals surface area contributed by atoms with Crippen molar-refractivity contribution in [3.05, 3.63) is 207 Å². The first-order valence-corrected chi connectivity index (χ1v) is 37.3. The zero-order valence-corrected chi connectivity index (χ0v) is 59.6. The Morgan fingerprint density at radius 2 is 0.587 bits per heavy atom. The van der Waals surface area contributed by atoms with Crippen molar-refractivity contribution in [3.8, 4) is 0 Å². The van der Waals surface area contributed by atoms with E-state index in [0.29, 0.717) is 23.9 Å². The summed E-state index contributed by atoms with van der Waals surface area (Å²) in [7, 11) is 1.43. The molecular formula is C82H131NO8P+. The molecule has 0 aliphatic rings. The lowest BCUT2D eigenvalue weighted by molar-refractivity contribution is -0.870. The summed E-state index contributed by atoms with van der Waals surface area (Å²) in [6.45, 7) is 4.15. The normalized spacial score (nSPS) is 14.4. The molecule has 9 nitrogen and oxygen atoms in total. The maximum atomic E-state index is 12.9. The van der Waals surface area contributed by atoms with Crippen molar-refractivity contribution >= 4 is 19.8 Å². The van der Waals surface area contributed by atoms with E-state index in [2.05, 4.69) is 220 Å². The fourth-order valence-electron chi connectivity index (χ4n) is 8.91. The van der Waals surface area contributed by atoms with Crippen LogP contribution >= 0.6 is 7.82 Å². The highest BCUT2D eigenvalue weighted by Crippen LogP contribution is 2.43. The molecule has 10 heteroatoms. The third-order valence-corrected chi connectivity index (χ3v) is 15.3. The Kier molecular flexibility index (Phi) is 65.8. The van der Waals surface area contributed by atoms with Crippen molar-refractivity contribution in [1.82, 2.24) is 0 Å². The van der Waals surface area contributed by atoms with Crippen molar-refractivity contribution < 1.29 is 42.1 Å². The van der Waals surface area contributed by atoms with Gasteiger partial charge < -0.3 is 18.9 Å². The smallest absolute Gasteiger partial charge is 0.462 e. The van der Waals surface area contributed by atoms with Gasteiger partial charge in [0.25, 0.3) is 0 Å². The molecule has 0 bridgehead atoms. The van der Waals surface area contributed by atoms with E-state index in [4.69, 9.17) is 18.5 Å². The molecule has 0 saturated carbocycles. The third-order valence-electron chi connectivity index (χ3n) is 14.3. The number of phosphoric acid groups is 1. The standard InChI is InChI=1S/C82H130NO8P/c1-6-8-10-12-14-16-18-20-22-24-26-28-30-32-34-36-37-38-39-40-41-42-43-44-45-47-49-51-53-55-57-59-61-63-65-67-69-71-73-75-82(85)91-80(79-90-92(86,87)89-77-76-83(3,4)5)78-88-81(84)74-72-70-68-66-64-62-60-58-56-54-52-50-48-46-35-33-31-29-27-25-23-21-19-17-15-13-11-9-7-2/h8-11,14-17,20-23,26-29,32-35,37-38,40-41,43-44,47-50,54,56,60,62,80H,6-7,12-13,18-19,24-25,30-31,36,39,42,45-46,51-53,55,57-59,61,63-79H2,1-5H3/p+1/b10-8-,11-9-,16-14-,17-15-,22-20-,23-21-,28-26-,29-27-,34-32-,35-33-,38-37-,41-40-,44-43-,49-47-,50-48-,56-54-,62-60-. The van der Waals surface area contributed by atoms with Crippen molar-refractivity contribution in [2.45, 2.75) is 251 Å². The molecular weight excluding hydrogens is 1160 g/mol. The van der Waals surface area contributed by atoms with Gasteiger partial charge in [0.15, 0.2) is 6.10 Å². The van der Waals surface area contributed by atoms with E-state index >= 15 is 0 Å². The monoisotopic (exact) mass is 1290 g/mol. The predicted octanol–water partition coefficient (Wildman–Crippen LogP) is 23.8. The first-order valence-electron chi connectivity index (χ1n) is 35.8. The first-order chi connectivity index (χ1) is 45.0. The van der Waals surface area contributed by atoms with Gasteiger partial charge in [0.1, 0.15) is 19.8 Å². The van der Waals surface area contributed by atoms with Gasteiger partial charge in [-0.1, -0.05) is 291 Å². The van der Waals surface area contributed by atoms with Gasteiger partial charge in [-0.05, 0) is 148 Å². The Bertz CT molecular complexity index is 2310. The zero-order valence-electron chi connectivity index (χ0n) is 58.7. The lowest BCUT2D eigenvalue weighted by Crippen LogP contribution is -2.37. The Labute approximate surface area is 564 Å². The number of unbranched alkanes of at least 4 members (excludes halogenated alkanes) is 15. The molecule has 0 aromatic rings. The van der Waals surface area contributed by atoms with Crippen molar-refractivity contribution in [1.29, 1.82) is 0 Å². The molecule has 0 amide bonds. The number of nitrogens with zero attached hydrogens (tertiary/aromatic N) is 1. The van der Waals surface area contributed by atoms with Crippen LogP contribution in [0.25, 0.3) is 0 Å². The van der Waals surface area contributed by atoms with Crippen LogP contribution in [-0.2, 0) is 32.7 Å². The first kappa shape index (κ1) is 86.6. The number of phosphoric ester groups is 1. The molecule has 2 atom stereocenters. The quantitative estimate of drug-likeness (QED) is 0.0211. The minimum Gasteiger partial charge on any atom is -0.462 e. The molecule has 0 rings (SSSR count). The largest absolute Gasteiger partial charge is 0.472 e. The molecule has 0 aromatic heterocycles. The predicted molar refractivity (Wildman–Crippen MR) is 398 cm³/mol. The van der Waals surface area contributed by atoms with Crippen LogP contribution in [0.3, 0.4) is 0 Å². The Balaban J connectivity index is 4.17. The number of esters is 2. The number of quaternary nitrogens is 1. The molecule has 0 spiro atoms. The van der Waals surface area contributed by atoms with Gasteiger partial charge in [-0.3, -0.25) is 18.6 Å². The highest BCUT2D eigenvalue weighted by Gasteiger charge is 2.27. The van der Waals surface area contributed by atoms with Crippen LogP contribution in [0.2, 0.25) is 0 Å². The van der Waals surface area contributed by atoms with Crippen molar-refractivity contribution in [3.63, 3.8) is 0 Å². The van der Waals surface area contributed by atoms with Crippen LogP contribution in [0, 0.1) is 0 Å². The number of hydrogen-bond donors (Lipinski definition) is 1. The molecule has 0 heterocycles. The van der Waals surface area contributed by atoms with Gasteiger partial charge in [-0.2, -0.15) is 0 Å². The molecule has 516 valence electrons. The maximum Gasteiger partial charge on any atom is 0.472 e. The zero-order chi connectivity index (χ0) is 66.9. The lowest BCUT2D eigenvalue weighted by atomic mass is 10.0. The fourth-order valence-corrected chi connectivity index (χ4v) is 9.65. The number of allylic oxidation sites excluding steroid dienone is 34. The van der Waals surface area contributed by atoms with Crippen LogP contribution in [0.1, 0.15) is 245 Å². The number of hydrogen-bond acceptors (Lipinski definition) is 7. The second-order valence-electron chi connectivity index (χ2n) is 24.2. The summed E-state index contributed by atoms with van der Waals surface area (Å²) < 4.78 is 34.7. The van der Waals surface area contributed by atoms with Gasteiger partial charge >= 0.3 is 19.8 Å². The summed E-state index contributed by atoms with van der Waals surface area (Å²) in [5.41, 5.74) is 0. The van der Waals surface area contributed by atoms with E-state index in [0.717, 1.165) is 161 Å². The summed E-state index contributed by atoms with van der Waals surface area (Å²) in [6, 6.07) is 0. The number of rotatable bonds is 63. The van der Waals surface area contributed by atoms with Gasteiger partial charge in [0.05, 0.1) is 27.7 Å². The fraction of sp³-hybridized carbons (Fsp3) is 0.561. The minimum absolute atomic E-state index is 0.0153. The van der Waals surface area contributed by atoms with Crippen molar-refractivity contribution in [2.75, 3.05) is 47.5 Å². The van der Waals surface area contributed by atoms with E-state index in [1.54, 1.807) is 0 Å². The SMILES string of the molecule is CC/C=C\C/C=C\C/C=C\C/C=C\C/C=C\C/C=C\C/C=C\C/C=C\C/C=C\CCCCCCCCCCCCCC(=O)OC(COC(=O)CCCCCC/C=C\C/C=C\C/C=C\C/C=C\C/C=C\C/C=C\C/C=C\C/C=C\CC)COP(=O)(O)OCC[N+](C)(C)C. The Hall–Kier alpha value is -5.41. The molecule has 2 unspecified atom stereocenters. The molecule has 92 heavy (non-hydrogen) atoms. The number of ether oxygens (including phenoxy) is 2. The van der Waals surface area contributed by atoms with Gasteiger partial charge in [0.2, 0.25) is 0 Å². The number of carbonyl (C=O) groups is 2. The Morgan fingerprint density at radius 1 is 0.337 bits per heavy atom. The van der Waals surface area contributed by atoms with Gasteiger partial charge in [0, 0.05) is 12.8 Å². The average molecular weight is 1290 g/mol. The minimum atomic E-state index is -4.42. The Morgan fingerprint density at radius 3 is 0.870 bits per heavy atom. The van der Waals surface area contributed by atoms with Crippen LogP contribution < -0.4 is 0 Å². The summed E-state index contributed by atoms with van der Waals surface area (Å²) in [5, 5.41) is 0. The molecule has 0 aromatic carbocycles. The highest BCUT2D eigenvalue weighted by atomic mass is 31.2. The molecule has 0 radical (unpaired) electrons. The molecule has 0 aliphatic carbocycles. The molecule has 0 aliphatic heterocycles. The lowest BCUT2D eigenvalue weighted by Gasteiger charge is -2.24. The van der Waals surface area contributed by atoms with E-state index in [-0.39, 0.29) is 26.1 Å². The highest BCUT2D eigenvalue weighted by molar-refractivity contribution is 7.47. The van der Waals surface area contributed by atoms with Crippen LogP contribution in [0.5, 0.6) is 0 Å². The van der Waals surface area contributed by atoms with E-state index in [1.165, 1.54) is 44.9 Å².